The Morgan fingerprint density at radius 3 is 2.57 bits per heavy atom. The van der Waals surface area contributed by atoms with E-state index in [2.05, 4.69) is 12.2 Å². The molecule has 2 amide bonds. The first-order valence-corrected chi connectivity index (χ1v) is 8.59. The smallest absolute Gasteiger partial charge is 0.317 e. The van der Waals surface area contributed by atoms with Crippen molar-refractivity contribution in [1.82, 2.24) is 15.1 Å². The average Bonchev–Trinajstić information content (AvgIpc) is 2.47. The van der Waals surface area contributed by atoms with Gasteiger partial charge >= 0.3 is 12.0 Å². The van der Waals surface area contributed by atoms with Crippen LogP contribution in [0.4, 0.5) is 4.79 Å². The number of rotatable bonds is 6. The first-order chi connectivity index (χ1) is 10.9. The number of nitrogens with one attached hydrogen (secondary N) is 1. The number of carboxylic acid groups (broad SMARTS) is 1. The highest BCUT2D eigenvalue weighted by atomic mass is 16.5. The molecule has 2 N–H and O–H groups in total. The van der Waals surface area contributed by atoms with Crippen molar-refractivity contribution in [3.8, 4) is 0 Å². The molecule has 0 aromatic heterocycles. The zero-order valence-electron chi connectivity index (χ0n) is 14.3. The third-order valence-electron chi connectivity index (χ3n) is 4.77. The minimum absolute atomic E-state index is 0.0247. The Balaban J connectivity index is 1.76. The van der Waals surface area contributed by atoms with Gasteiger partial charge in [0.05, 0.1) is 18.8 Å². The number of likely N-dealkylation sites (N-methyl/N-ethyl adjacent to an activating group) is 1. The molecule has 23 heavy (non-hydrogen) atoms. The highest BCUT2D eigenvalue weighted by Crippen LogP contribution is 2.26. The number of hydrogen-bond acceptors (Lipinski definition) is 4. The van der Waals surface area contributed by atoms with Crippen LogP contribution in [0.5, 0.6) is 0 Å². The van der Waals surface area contributed by atoms with Gasteiger partial charge in [-0.1, -0.05) is 13.8 Å². The molecule has 1 saturated carbocycles. The van der Waals surface area contributed by atoms with Crippen LogP contribution in [0.3, 0.4) is 0 Å². The van der Waals surface area contributed by atoms with Gasteiger partial charge in [0.25, 0.3) is 0 Å². The summed E-state index contributed by atoms with van der Waals surface area (Å²) in [6.07, 6.45) is 2.73. The Labute approximate surface area is 138 Å². The lowest BCUT2D eigenvalue weighted by atomic mass is 9.85. The number of morpholine rings is 1. The minimum atomic E-state index is -0.799. The second-order valence-corrected chi connectivity index (χ2v) is 6.61. The maximum absolute atomic E-state index is 12.4. The van der Waals surface area contributed by atoms with E-state index in [1.54, 1.807) is 0 Å². The van der Waals surface area contributed by atoms with Crippen LogP contribution in [-0.2, 0) is 9.53 Å². The third kappa shape index (κ3) is 4.81. The zero-order valence-corrected chi connectivity index (χ0v) is 14.3. The number of hydrogen-bond donors (Lipinski definition) is 2. The summed E-state index contributed by atoms with van der Waals surface area (Å²) in [7, 11) is 0. The monoisotopic (exact) mass is 327 g/mol. The fourth-order valence-electron chi connectivity index (χ4n) is 3.38. The molecule has 1 saturated heterocycles. The number of amides is 2. The molecule has 0 bridgehead atoms. The molecule has 2 unspecified atom stereocenters. The average molecular weight is 327 g/mol. The molecule has 2 aliphatic rings. The molecule has 7 heteroatoms. The molecule has 0 radical (unpaired) electrons. The lowest BCUT2D eigenvalue weighted by molar-refractivity contribution is -0.139. The topological polar surface area (TPSA) is 82.1 Å². The van der Waals surface area contributed by atoms with Crippen LogP contribution in [0, 0.1) is 0 Å². The van der Waals surface area contributed by atoms with E-state index in [0.29, 0.717) is 13.1 Å². The van der Waals surface area contributed by atoms with Crippen molar-refractivity contribution in [2.45, 2.75) is 64.3 Å². The number of ether oxygens (including phenoxy) is 1. The Morgan fingerprint density at radius 1 is 1.30 bits per heavy atom. The van der Waals surface area contributed by atoms with Crippen LogP contribution in [0.1, 0.15) is 40.0 Å². The fourth-order valence-corrected chi connectivity index (χ4v) is 3.38. The van der Waals surface area contributed by atoms with E-state index in [1.807, 2.05) is 23.6 Å². The Bertz CT molecular complexity index is 426. The van der Waals surface area contributed by atoms with Gasteiger partial charge in [0.2, 0.25) is 0 Å². The quantitative estimate of drug-likeness (QED) is 0.764. The molecule has 0 spiro atoms. The maximum atomic E-state index is 12.4. The first kappa shape index (κ1) is 18.0. The molecular formula is C16H29N3O4. The van der Waals surface area contributed by atoms with Crippen LogP contribution >= 0.6 is 0 Å². The molecule has 2 atom stereocenters. The summed E-state index contributed by atoms with van der Waals surface area (Å²) in [5.41, 5.74) is 0. The Kier molecular flexibility index (Phi) is 6.24. The number of carboxylic acids is 1. The highest BCUT2D eigenvalue weighted by Gasteiger charge is 2.36. The normalized spacial score (nSPS) is 30.9. The van der Waals surface area contributed by atoms with Gasteiger partial charge in [-0.15, -0.1) is 0 Å². The van der Waals surface area contributed by atoms with Crippen molar-refractivity contribution < 1.29 is 19.4 Å². The number of nitrogens with zero attached hydrogens (tertiary/aromatic N) is 2. The Morgan fingerprint density at radius 2 is 2.00 bits per heavy atom. The van der Waals surface area contributed by atoms with Gasteiger partial charge in [-0.2, -0.15) is 0 Å². The minimum Gasteiger partial charge on any atom is -0.480 e. The van der Waals surface area contributed by atoms with E-state index >= 15 is 0 Å². The predicted octanol–water partition coefficient (Wildman–Crippen LogP) is 1.13. The van der Waals surface area contributed by atoms with Crippen LogP contribution in [-0.4, -0.2) is 77.4 Å². The summed E-state index contributed by atoms with van der Waals surface area (Å²) < 4.78 is 5.78. The highest BCUT2D eigenvalue weighted by molar-refractivity contribution is 5.75. The number of urea groups is 1. The summed E-state index contributed by atoms with van der Waals surface area (Å²) in [4.78, 5) is 27.0. The van der Waals surface area contributed by atoms with E-state index in [1.165, 1.54) is 0 Å². The van der Waals surface area contributed by atoms with E-state index in [0.717, 1.165) is 25.8 Å². The second-order valence-electron chi connectivity index (χ2n) is 6.61. The first-order valence-electron chi connectivity index (χ1n) is 8.59. The van der Waals surface area contributed by atoms with Crippen molar-refractivity contribution >= 4 is 12.0 Å². The summed E-state index contributed by atoms with van der Waals surface area (Å²) in [6.45, 7) is 8.08. The molecule has 0 aromatic carbocycles. The van der Waals surface area contributed by atoms with Gasteiger partial charge in [0.15, 0.2) is 0 Å². The van der Waals surface area contributed by atoms with Gasteiger partial charge < -0.3 is 20.1 Å². The van der Waals surface area contributed by atoms with Gasteiger partial charge in [-0.05, 0) is 32.7 Å². The molecule has 2 fully saturated rings. The van der Waals surface area contributed by atoms with E-state index in [4.69, 9.17) is 9.84 Å². The molecule has 1 heterocycles. The van der Waals surface area contributed by atoms with Crippen molar-refractivity contribution in [3.05, 3.63) is 0 Å². The van der Waals surface area contributed by atoms with Crippen molar-refractivity contribution in [1.29, 1.82) is 0 Å². The van der Waals surface area contributed by atoms with Gasteiger partial charge in [0.1, 0.15) is 0 Å². The van der Waals surface area contributed by atoms with E-state index in [-0.39, 0.29) is 36.9 Å². The largest absolute Gasteiger partial charge is 0.480 e. The summed E-state index contributed by atoms with van der Waals surface area (Å²) >= 11 is 0. The van der Waals surface area contributed by atoms with Crippen molar-refractivity contribution in [2.24, 2.45) is 0 Å². The van der Waals surface area contributed by atoms with Crippen molar-refractivity contribution in [3.63, 3.8) is 0 Å². The SMILES string of the molecule is CCC1CN(C(=O)NC2CC(N(CC)CC(=O)O)C2)CC(C)O1. The molecule has 2 rings (SSSR count). The maximum Gasteiger partial charge on any atom is 0.317 e. The van der Waals surface area contributed by atoms with Crippen LogP contribution in [0.15, 0.2) is 0 Å². The van der Waals surface area contributed by atoms with Gasteiger partial charge in [0, 0.05) is 25.2 Å². The number of carbonyl (C=O) groups excluding carboxylic acids is 1. The molecule has 1 aliphatic carbocycles. The van der Waals surface area contributed by atoms with Gasteiger partial charge in [-0.25, -0.2) is 4.79 Å². The summed E-state index contributed by atoms with van der Waals surface area (Å²) in [5, 5.41) is 12.0. The molecule has 7 nitrogen and oxygen atoms in total. The van der Waals surface area contributed by atoms with Crippen LogP contribution in [0.25, 0.3) is 0 Å². The van der Waals surface area contributed by atoms with Crippen LogP contribution < -0.4 is 5.32 Å². The van der Waals surface area contributed by atoms with E-state index in [9.17, 15) is 9.59 Å². The standard InChI is InChI=1S/C16H29N3O4/c1-4-14-9-19(8-11(3)23-14)16(22)17-12-6-13(7-12)18(5-2)10-15(20)21/h11-14H,4-10H2,1-3H3,(H,17,22)(H,20,21). The molecule has 0 aromatic rings. The third-order valence-corrected chi connectivity index (χ3v) is 4.77. The van der Waals surface area contributed by atoms with Crippen molar-refractivity contribution in [2.75, 3.05) is 26.2 Å². The van der Waals surface area contributed by atoms with E-state index < -0.39 is 5.97 Å². The van der Waals surface area contributed by atoms with Crippen LogP contribution in [0.2, 0.25) is 0 Å². The van der Waals surface area contributed by atoms with Gasteiger partial charge in [-0.3, -0.25) is 9.69 Å². The number of carbonyl (C=O) groups is 2. The molecule has 132 valence electrons. The fraction of sp³-hybridized carbons (Fsp3) is 0.875. The lowest BCUT2D eigenvalue weighted by Crippen LogP contribution is -2.59. The second kappa shape index (κ2) is 7.97. The zero-order chi connectivity index (χ0) is 17.0. The predicted molar refractivity (Wildman–Crippen MR) is 86.4 cm³/mol. The summed E-state index contributed by atoms with van der Waals surface area (Å²) in [5.74, 6) is -0.799. The molecular weight excluding hydrogens is 298 g/mol. The molecule has 1 aliphatic heterocycles. The Hall–Kier alpha value is -1.34. The summed E-state index contributed by atoms with van der Waals surface area (Å²) in [6, 6.07) is 0.380. The lowest BCUT2D eigenvalue weighted by Gasteiger charge is -2.43. The number of aliphatic carboxylic acids is 1.